The SMILES string of the molecule is Cc1ccc(-c2nnc(SCC(=O)Nc3ccc(OCc4ccccc4)cc3)n2Cc2ccco2)cc1. The van der Waals surface area contributed by atoms with Crippen molar-refractivity contribution in [2.24, 2.45) is 0 Å². The third kappa shape index (κ3) is 6.48. The van der Waals surface area contributed by atoms with E-state index in [1.807, 2.05) is 102 Å². The first kappa shape index (κ1) is 24.4. The number of ether oxygens (including phenoxy) is 1. The standard InChI is InChI=1S/C29H26N4O3S/c1-21-9-11-23(12-10-21)28-31-32-29(33(28)18-26-8-5-17-35-26)37-20-27(34)30-24-13-15-25(16-14-24)36-19-22-6-3-2-4-7-22/h2-17H,18-20H2,1H3,(H,30,34). The average molecular weight is 511 g/mol. The van der Waals surface area contributed by atoms with Gasteiger partial charge in [0.1, 0.15) is 18.1 Å². The molecule has 2 aromatic heterocycles. The van der Waals surface area contributed by atoms with Crippen LogP contribution in [-0.2, 0) is 17.9 Å². The lowest BCUT2D eigenvalue weighted by molar-refractivity contribution is -0.113. The number of rotatable bonds is 10. The molecule has 5 aromatic rings. The molecule has 0 aliphatic carbocycles. The number of benzene rings is 3. The zero-order valence-corrected chi connectivity index (χ0v) is 21.2. The van der Waals surface area contributed by atoms with Crippen LogP contribution in [0.5, 0.6) is 5.75 Å². The zero-order chi connectivity index (χ0) is 25.5. The van der Waals surface area contributed by atoms with Crippen molar-refractivity contribution in [2.75, 3.05) is 11.1 Å². The highest BCUT2D eigenvalue weighted by molar-refractivity contribution is 7.99. The molecular formula is C29H26N4O3S. The first-order valence-electron chi connectivity index (χ1n) is 11.9. The van der Waals surface area contributed by atoms with E-state index >= 15 is 0 Å². The Morgan fingerprint density at radius 3 is 2.46 bits per heavy atom. The van der Waals surface area contributed by atoms with Gasteiger partial charge in [-0.2, -0.15) is 0 Å². The number of hydrogen-bond donors (Lipinski definition) is 1. The Morgan fingerprint density at radius 1 is 0.946 bits per heavy atom. The van der Waals surface area contributed by atoms with Crippen LogP contribution in [0.15, 0.2) is 107 Å². The third-order valence-corrected chi connectivity index (χ3v) is 6.61. The summed E-state index contributed by atoms with van der Waals surface area (Å²) in [5.74, 6) is 2.31. The largest absolute Gasteiger partial charge is 0.489 e. The molecule has 0 unspecified atom stereocenters. The zero-order valence-electron chi connectivity index (χ0n) is 20.3. The fraction of sp³-hybridized carbons (Fsp3) is 0.138. The number of carbonyl (C=O) groups is 1. The summed E-state index contributed by atoms with van der Waals surface area (Å²) in [5.41, 5.74) is 3.93. The Hall–Kier alpha value is -4.30. The van der Waals surface area contributed by atoms with Crippen LogP contribution in [0.1, 0.15) is 16.9 Å². The van der Waals surface area contributed by atoms with Crippen molar-refractivity contribution >= 4 is 23.4 Å². The van der Waals surface area contributed by atoms with Crippen molar-refractivity contribution in [3.63, 3.8) is 0 Å². The fourth-order valence-electron chi connectivity index (χ4n) is 3.72. The molecule has 0 fully saturated rings. The fourth-order valence-corrected chi connectivity index (χ4v) is 4.45. The maximum atomic E-state index is 12.7. The molecule has 0 aliphatic rings. The van der Waals surface area contributed by atoms with Gasteiger partial charge in [-0.15, -0.1) is 10.2 Å². The minimum atomic E-state index is -0.132. The minimum Gasteiger partial charge on any atom is -0.489 e. The monoisotopic (exact) mass is 510 g/mol. The number of anilines is 1. The lowest BCUT2D eigenvalue weighted by Gasteiger charge is -2.10. The van der Waals surface area contributed by atoms with E-state index in [1.54, 1.807) is 6.26 Å². The van der Waals surface area contributed by atoms with Crippen molar-refractivity contribution in [1.29, 1.82) is 0 Å². The van der Waals surface area contributed by atoms with E-state index in [0.717, 1.165) is 28.5 Å². The van der Waals surface area contributed by atoms with Crippen molar-refractivity contribution in [3.05, 3.63) is 114 Å². The number of nitrogens with one attached hydrogen (secondary N) is 1. The summed E-state index contributed by atoms with van der Waals surface area (Å²) in [6.07, 6.45) is 1.64. The van der Waals surface area contributed by atoms with Crippen LogP contribution in [0.3, 0.4) is 0 Å². The summed E-state index contributed by atoms with van der Waals surface area (Å²) < 4.78 is 13.3. The molecule has 3 aromatic carbocycles. The van der Waals surface area contributed by atoms with Gasteiger partial charge >= 0.3 is 0 Å². The first-order chi connectivity index (χ1) is 18.1. The molecular weight excluding hydrogens is 484 g/mol. The number of aryl methyl sites for hydroxylation is 1. The smallest absolute Gasteiger partial charge is 0.234 e. The van der Waals surface area contributed by atoms with Gasteiger partial charge in [-0.05, 0) is 48.9 Å². The maximum Gasteiger partial charge on any atom is 0.234 e. The maximum absolute atomic E-state index is 12.7. The third-order valence-electron chi connectivity index (χ3n) is 5.64. The second-order valence-corrected chi connectivity index (χ2v) is 9.42. The van der Waals surface area contributed by atoms with Gasteiger partial charge < -0.3 is 14.5 Å². The molecule has 1 N–H and O–H groups in total. The number of aromatic nitrogens is 3. The topological polar surface area (TPSA) is 82.2 Å². The van der Waals surface area contributed by atoms with Crippen LogP contribution >= 0.6 is 11.8 Å². The van der Waals surface area contributed by atoms with Crippen LogP contribution in [0.25, 0.3) is 11.4 Å². The molecule has 2 heterocycles. The van der Waals surface area contributed by atoms with Crippen LogP contribution < -0.4 is 10.1 Å². The van der Waals surface area contributed by atoms with E-state index in [0.29, 0.717) is 24.0 Å². The summed E-state index contributed by atoms with van der Waals surface area (Å²) in [5, 5.41) is 12.4. The van der Waals surface area contributed by atoms with Gasteiger partial charge in [-0.25, -0.2) is 0 Å². The lowest BCUT2D eigenvalue weighted by Crippen LogP contribution is -2.14. The Labute approximate surface area is 219 Å². The highest BCUT2D eigenvalue weighted by Crippen LogP contribution is 2.26. The van der Waals surface area contributed by atoms with E-state index < -0.39 is 0 Å². The van der Waals surface area contributed by atoms with Gasteiger partial charge in [0.25, 0.3) is 0 Å². The Bertz CT molecular complexity index is 1430. The summed E-state index contributed by atoms with van der Waals surface area (Å²) in [4.78, 5) is 12.7. The number of carbonyl (C=O) groups excluding carboxylic acids is 1. The summed E-state index contributed by atoms with van der Waals surface area (Å²) in [6.45, 7) is 3.01. The van der Waals surface area contributed by atoms with Gasteiger partial charge in [0.05, 0.1) is 18.6 Å². The van der Waals surface area contributed by atoms with E-state index in [1.165, 1.54) is 17.3 Å². The van der Waals surface area contributed by atoms with Crippen molar-refractivity contribution in [2.45, 2.75) is 25.2 Å². The Kier molecular flexibility index (Phi) is 7.66. The van der Waals surface area contributed by atoms with Gasteiger partial charge in [0.2, 0.25) is 5.91 Å². The van der Waals surface area contributed by atoms with Crippen LogP contribution in [-0.4, -0.2) is 26.4 Å². The van der Waals surface area contributed by atoms with Crippen LogP contribution in [0.2, 0.25) is 0 Å². The average Bonchev–Trinajstić information content (AvgIpc) is 3.59. The molecule has 8 heteroatoms. The van der Waals surface area contributed by atoms with Gasteiger partial charge in [-0.3, -0.25) is 9.36 Å². The quantitative estimate of drug-likeness (QED) is 0.225. The van der Waals surface area contributed by atoms with Crippen molar-refractivity contribution < 1.29 is 13.9 Å². The highest BCUT2D eigenvalue weighted by Gasteiger charge is 2.17. The normalized spacial score (nSPS) is 10.8. The molecule has 0 aliphatic heterocycles. The predicted molar refractivity (Wildman–Crippen MR) is 145 cm³/mol. The van der Waals surface area contributed by atoms with E-state index in [-0.39, 0.29) is 11.7 Å². The molecule has 1 amide bonds. The summed E-state index contributed by atoms with van der Waals surface area (Å²) >= 11 is 1.33. The molecule has 0 saturated carbocycles. The number of nitrogens with zero attached hydrogens (tertiary/aromatic N) is 3. The predicted octanol–water partition coefficient (Wildman–Crippen LogP) is 6.20. The summed E-state index contributed by atoms with van der Waals surface area (Å²) in [7, 11) is 0. The molecule has 0 radical (unpaired) electrons. The second-order valence-electron chi connectivity index (χ2n) is 8.47. The lowest BCUT2D eigenvalue weighted by atomic mass is 10.1. The van der Waals surface area contributed by atoms with E-state index in [9.17, 15) is 4.79 Å². The summed E-state index contributed by atoms with van der Waals surface area (Å²) in [6, 6.07) is 29.2. The minimum absolute atomic E-state index is 0.132. The molecule has 0 spiro atoms. The van der Waals surface area contributed by atoms with E-state index in [4.69, 9.17) is 9.15 Å². The van der Waals surface area contributed by atoms with Gasteiger partial charge in [0.15, 0.2) is 11.0 Å². The molecule has 186 valence electrons. The van der Waals surface area contributed by atoms with E-state index in [2.05, 4.69) is 15.5 Å². The Balaban J connectivity index is 1.21. The van der Waals surface area contributed by atoms with Gasteiger partial charge in [-0.1, -0.05) is 71.9 Å². The molecule has 0 bridgehead atoms. The highest BCUT2D eigenvalue weighted by atomic mass is 32.2. The number of furan rings is 1. The van der Waals surface area contributed by atoms with Crippen LogP contribution in [0.4, 0.5) is 5.69 Å². The number of amides is 1. The molecule has 5 rings (SSSR count). The second kappa shape index (κ2) is 11.6. The van der Waals surface area contributed by atoms with Gasteiger partial charge in [0, 0.05) is 11.3 Å². The molecule has 0 saturated heterocycles. The number of hydrogen-bond acceptors (Lipinski definition) is 6. The van der Waals surface area contributed by atoms with Crippen LogP contribution in [0, 0.1) is 6.92 Å². The van der Waals surface area contributed by atoms with Crippen molar-refractivity contribution in [1.82, 2.24) is 14.8 Å². The van der Waals surface area contributed by atoms with Crippen molar-refractivity contribution in [3.8, 4) is 17.1 Å². The molecule has 0 atom stereocenters. The molecule has 7 nitrogen and oxygen atoms in total. The molecule has 37 heavy (non-hydrogen) atoms. The first-order valence-corrected chi connectivity index (χ1v) is 12.8. The Morgan fingerprint density at radius 2 is 1.73 bits per heavy atom. The number of thioether (sulfide) groups is 1.